The van der Waals surface area contributed by atoms with Gasteiger partial charge in [0.15, 0.2) is 0 Å². The average molecular weight is 270 g/mol. The number of amides is 2. The second-order valence-corrected chi connectivity index (χ2v) is 5.28. The summed E-state index contributed by atoms with van der Waals surface area (Å²) >= 11 is 0. The van der Waals surface area contributed by atoms with Gasteiger partial charge in [0.05, 0.1) is 12.0 Å². The van der Waals surface area contributed by atoms with Crippen molar-refractivity contribution in [3.63, 3.8) is 0 Å². The normalized spacial score (nSPS) is 27.3. The molecule has 0 aromatic rings. The van der Waals surface area contributed by atoms with Crippen LogP contribution in [0.3, 0.4) is 0 Å². The van der Waals surface area contributed by atoms with Crippen LogP contribution in [0.1, 0.15) is 32.1 Å². The minimum Gasteiger partial charge on any atom is -0.481 e. The summed E-state index contributed by atoms with van der Waals surface area (Å²) in [5.41, 5.74) is 0. The molecule has 2 saturated heterocycles. The SMILES string of the molecule is O=C(O)C1CCN(C(=O)NCCC2CCCCO2)C1. The largest absolute Gasteiger partial charge is 0.481 e. The highest BCUT2D eigenvalue weighted by atomic mass is 16.5. The molecular weight excluding hydrogens is 248 g/mol. The number of aliphatic carboxylic acids is 1. The van der Waals surface area contributed by atoms with Crippen molar-refractivity contribution in [1.29, 1.82) is 0 Å². The topological polar surface area (TPSA) is 78.9 Å². The number of nitrogens with one attached hydrogen (secondary N) is 1. The second kappa shape index (κ2) is 6.75. The molecule has 2 unspecified atom stereocenters. The Hall–Kier alpha value is -1.30. The average Bonchev–Trinajstić information content (AvgIpc) is 2.89. The molecule has 2 amide bonds. The van der Waals surface area contributed by atoms with Gasteiger partial charge in [0.25, 0.3) is 0 Å². The molecule has 0 spiro atoms. The maximum atomic E-state index is 11.8. The van der Waals surface area contributed by atoms with E-state index in [0.29, 0.717) is 26.1 Å². The highest BCUT2D eigenvalue weighted by Crippen LogP contribution is 2.17. The molecule has 19 heavy (non-hydrogen) atoms. The number of carbonyl (C=O) groups excluding carboxylic acids is 1. The maximum absolute atomic E-state index is 11.8. The van der Waals surface area contributed by atoms with Gasteiger partial charge in [-0.1, -0.05) is 0 Å². The van der Waals surface area contributed by atoms with E-state index in [4.69, 9.17) is 9.84 Å². The van der Waals surface area contributed by atoms with E-state index in [1.165, 1.54) is 6.42 Å². The molecule has 0 radical (unpaired) electrons. The fraction of sp³-hybridized carbons (Fsp3) is 0.846. The van der Waals surface area contributed by atoms with Crippen LogP contribution in [-0.4, -0.2) is 54.4 Å². The van der Waals surface area contributed by atoms with Crippen LogP contribution in [0, 0.1) is 5.92 Å². The van der Waals surface area contributed by atoms with Gasteiger partial charge in [-0.2, -0.15) is 0 Å². The van der Waals surface area contributed by atoms with Crippen LogP contribution in [0.2, 0.25) is 0 Å². The molecule has 2 heterocycles. The summed E-state index contributed by atoms with van der Waals surface area (Å²) in [5.74, 6) is -1.22. The van der Waals surface area contributed by atoms with Crippen LogP contribution >= 0.6 is 0 Å². The van der Waals surface area contributed by atoms with E-state index in [0.717, 1.165) is 25.9 Å². The predicted octanol–water partition coefficient (Wildman–Crippen LogP) is 1.06. The number of nitrogens with zero attached hydrogens (tertiary/aromatic N) is 1. The van der Waals surface area contributed by atoms with Gasteiger partial charge in [0.2, 0.25) is 0 Å². The molecule has 0 aromatic heterocycles. The minimum absolute atomic E-state index is 0.153. The molecule has 6 nitrogen and oxygen atoms in total. The Morgan fingerprint density at radius 1 is 1.32 bits per heavy atom. The molecule has 2 fully saturated rings. The first-order valence-corrected chi connectivity index (χ1v) is 7.04. The molecule has 2 aliphatic heterocycles. The lowest BCUT2D eigenvalue weighted by atomic mass is 10.1. The number of carboxylic acids is 1. The van der Waals surface area contributed by atoms with E-state index >= 15 is 0 Å². The smallest absolute Gasteiger partial charge is 0.317 e. The molecule has 108 valence electrons. The minimum atomic E-state index is -0.814. The molecular formula is C13H22N2O4. The zero-order valence-electron chi connectivity index (χ0n) is 11.1. The van der Waals surface area contributed by atoms with E-state index in [-0.39, 0.29) is 12.1 Å². The summed E-state index contributed by atoms with van der Waals surface area (Å²) in [5, 5.41) is 11.7. The first-order chi connectivity index (χ1) is 9.16. The Kier molecular flexibility index (Phi) is 5.01. The quantitative estimate of drug-likeness (QED) is 0.800. The van der Waals surface area contributed by atoms with Crippen LogP contribution in [-0.2, 0) is 9.53 Å². The van der Waals surface area contributed by atoms with Crippen molar-refractivity contribution < 1.29 is 19.4 Å². The lowest BCUT2D eigenvalue weighted by Gasteiger charge is -2.23. The van der Waals surface area contributed by atoms with E-state index in [1.807, 2.05) is 0 Å². The van der Waals surface area contributed by atoms with Crippen LogP contribution in [0.5, 0.6) is 0 Å². The Bertz CT molecular complexity index is 329. The molecule has 2 rings (SSSR count). The number of hydrogen-bond acceptors (Lipinski definition) is 3. The fourth-order valence-corrected chi connectivity index (χ4v) is 2.63. The van der Waals surface area contributed by atoms with Crippen LogP contribution in [0.4, 0.5) is 4.79 Å². The number of urea groups is 1. The van der Waals surface area contributed by atoms with Gasteiger partial charge in [-0.05, 0) is 32.1 Å². The number of ether oxygens (including phenoxy) is 1. The summed E-state index contributed by atoms with van der Waals surface area (Å²) < 4.78 is 5.59. The number of carboxylic acid groups (broad SMARTS) is 1. The Morgan fingerprint density at radius 3 is 2.79 bits per heavy atom. The lowest BCUT2D eigenvalue weighted by molar-refractivity contribution is -0.141. The van der Waals surface area contributed by atoms with Crippen molar-refractivity contribution >= 4 is 12.0 Å². The van der Waals surface area contributed by atoms with Crippen molar-refractivity contribution in [3.8, 4) is 0 Å². The third-order valence-corrected chi connectivity index (χ3v) is 3.84. The Labute approximate surface area is 113 Å². The summed E-state index contributed by atoms with van der Waals surface area (Å²) in [4.78, 5) is 24.2. The van der Waals surface area contributed by atoms with Crippen LogP contribution in [0.15, 0.2) is 0 Å². The van der Waals surface area contributed by atoms with Crippen molar-refractivity contribution in [3.05, 3.63) is 0 Å². The van der Waals surface area contributed by atoms with Gasteiger partial charge in [0.1, 0.15) is 0 Å². The molecule has 0 aromatic carbocycles. The number of hydrogen-bond donors (Lipinski definition) is 2. The van der Waals surface area contributed by atoms with Gasteiger partial charge < -0.3 is 20.1 Å². The van der Waals surface area contributed by atoms with Crippen LogP contribution < -0.4 is 5.32 Å². The van der Waals surface area contributed by atoms with Gasteiger partial charge in [-0.3, -0.25) is 4.79 Å². The molecule has 0 bridgehead atoms. The summed E-state index contributed by atoms with van der Waals surface area (Å²) in [6, 6.07) is -0.153. The van der Waals surface area contributed by atoms with E-state index in [9.17, 15) is 9.59 Å². The van der Waals surface area contributed by atoms with E-state index in [1.54, 1.807) is 4.90 Å². The summed E-state index contributed by atoms with van der Waals surface area (Å²) in [6.45, 7) is 2.27. The molecule has 0 aliphatic carbocycles. The second-order valence-electron chi connectivity index (χ2n) is 5.28. The first-order valence-electron chi connectivity index (χ1n) is 7.04. The molecule has 0 saturated carbocycles. The monoisotopic (exact) mass is 270 g/mol. The summed E-state index contributed by atoms with van der Waals surface area (Å²) in [6.07, 6.45) is 5.05. The third-order valence-electron chi connectivity index (χ3n) is 3.84. The molecule has 2 atom stereocenters. The third kappa shape index (κ3) is 4.09. The Balaban J connectivity index is 1.63. The van der Waals surface area contributed by atoms with Crippen LogP contribution in [0.25, 0.3) is 0 Å². The van der Waals surface area contributed by atoms with E-state index in [2.05, 4.69) is 5.32 Å². The standard InChI is InChI=1S/C13H22N2O4/c16-12(17)10-5-7-15(9-10)13(18)14-6-4-11-3-1-2-8-19-11/h10-11H,1-9H2,(H,14,18)(H,16,17). The van der Waals surface area contributed by atoms with Crippen molar-refractivity contribution in [2.45, 2.75) is 38.2 Å². The van der Waals surface area contributed by atoms with Gasteiger partial charge in [-0.15, -0.1) is 0 Å². The Morgan fingerprint density at radius 2 is 2.16 bits per heavy atom. The van der Waals surface area contributed by atoms with Crippen molar-refractivity contribution in [1.82, 2.24) is 10.2 Å². The highest BCUT2D eigenvalue weighted by molar-refractivity contribution is 5.77. The predicted molar refractivity (Wildman–Crippen MR) is 68.9 cm³/mol. The fourth-order valence-electron chi connectivity index (χ4n) is 2.63. The first kappa shape index (κ1) is 14.1. The van der Waals surface area contributed by atoms with Gasteiger partial charge >= 0.3 is 12.0 Å². The maximum Gasteiger partial charge on any atom is 0.317 e. The zero-order chi connectivity index (χ0) is 13.7. The van der Waals surface area contributed by atoms with Gasteiger partial charge in [-0.25, -0.2) is 4.79 Å². The number of rotatable bonds is 4. The lowest BCUT2D eigenvalue weighted by Crippen LogP contribution is -2.40. The molecule has 2 N–H and O–H groups in total. The number of carbonyl (C=O) groups is 2. The summed E-state index contributed by atoms with van der Waals surface area (Å²) in [7, 11) is 0. The highest BCUT2D eigenvalue weighted by Gasteiger charge is 2.30. The molecule has 6 heteroatoms. The van der Waals surface area contributed by atoms with E-state index < -0.39 is 11.9 Å². The zero-order valence-corrected chi connectivity index (χ0v) is 11.1. The number of likely N-dealkylation sites (tertiary alicyclic amines) is 1. The van der Waals surface area contributed by atoms with Crippen molar-refractivity contribution in [2.24, 2.45) is 5.92 Å². The van der Waals surface area contributed by atoms with Gasteiger partial charge in [0, 0.05) is 26.2 Å². The van der Waals surface area contributed by atoms with Crippen molar-refractivity contribution in [2.75, 3.05) is 26.2 Å². The molecule has 2 aliphatic rings.